The van der Waals surface area contributed by atoms with Crippen molar-refractivity contribution in [3.63, 3.8) is 0 Å². The molecule has 1 aliphatic rings. The molecular weight excluding hydrogens is 340 g/mol. The minimum atomic E-state index is -3.81. The number of aryl methyl sites for hydroxylation is 1. The van der Waals surface area contributed by atoms with Gasteiger partial charge < -0.3 is 10.1 Å². The second kappa shape index (κ2) is 6.85. The number of sulfonamides is 1. The number of methoxy groups -OCH3 is 1. The Balaban J connectivity index is 2.12. The first kappa shape index (κ1) is 17.4. The van der Waals surface area contributed by atoms with Gasteiger partial charge in [0.05, 0.1) is 23.3 Å². The Labute approximate surface area is 147 Å². The van der Waals surface area contributed by atoms with Crippen LogP contribution in [-0.4, -0.2) is 34.6 Å². The van der Waals surface area contributed by atoms with Gasteiger partial charge in [-0.3, -0.25) is 4.31 Å². The average Bonchev–Trinajstić information content (AvgIpc) is 2.84. The van der Waals surface area contributed by atoms with Crippen molar-refractivity contribution in [3.05, 3.63) is 59.2 Å². The van der Waals surface area contributed by atoms with Gasteiger partial charge in [-0.1, -0.05) is 24.3 Å². The number of benzene rings is 2. The summed E-state index contributed by atoms with van der Waals surface area (Å²) in [6.07, 6.45) is 0. The number of nitrogens with zero attached hydrogens (tertiary/aromatic N) is 1. The van der Waals surface area contributed by atoms with E-state index in [-0.39, 0.29) is 10.5 Å². The lowest BCUT2D eigenvalue weighted by atomic mass is 10.1. The number of nitrogens with one attached hydrogen (secondary N) is 1. The lowest BCUT2D eigenvalue weighted by Crippen LogP contribution is -2.35. The van der Waals surface area contributed by atoms with E-state index in [1.54, 1.807) is 25.1 Å². The van der Waals surface area contributed by atoms with Crippen molar-refractivity contribution in [1.82, 2.24) is 5.32 Å². The number of ether oxygens (including phenoxy) is 1. The molecule has 6 nitrogen and oxygen atoms in total. The maximum Gasteiger partial charge on any atom is 0.337 e. The van der Waals surface area contributed by atoms with Gasteiger partial charge in [-0.25, -0.2) is 13.2 Å². The summed E-state index contributed by atoms with van der Waals surface area (Å²) in [5.41, 5.74) is 2.39. The van der Waals surface area contributed by atoms with Crippen molar-refractivity contribution < 1.29 is 17.9 Å². The molecule has 0 saturated heterocycles. The predicted octanol–water partition coefficient (Wildman–Crippen LogP) is 2.08. The van der Waals surface area contributed by atoms with Gasteiger partial charge in [0.15, 0.2) is 0 Å². The van der Waals surface area contributed by atoms with Gasteiger partial charge in [0.1, 0.15) is 0 Å². The van der Waals surface area contributed by atoms with Crippen molar-refractivity contribution in [2.75, 3.05) is 24.5 Å². The molecule has 25 heavy (non-hydrogen) atoms. The third-order valence-corrected chi connectivity index (χ3v) is 6.20. The lowest BCUT2D eigenvalue weighted by Gasteiger charge is -2.25. The second-order valence-corrected chi connectivity index (χ2v) is 7.69. The van der Waals surface area contributed by atoms with Crippen LogP contribution in [-0.2, 0) is 21.3 Å². The normalized spacial score (nSPS) is 14.6. The fraction of sp³-hybridized carbons (Fsp3) is 0.278. The minimum Gasteiger partial charge on any atom is -0.465 e. The quantitative estimate of drug-likeness (QED) is 0.848. The van der Waals surface area contributed by atoms with E-state index in [2.05, 4.69) is 5.32 Å². The first-order chi connectivity index (χ1) is 11.9. The summed E-state index contributed by atoms with van der Waals surface area (Å²) in [6, 6.07) is 12.0. The highest BCUT2D eigenvalue weighted by molar-refractivity contribution is 7.92. The highest BCUT2D eigenvalue weighted by atomic mass is 32.2. The van der Waals surface area contributed by atoms with Crippen LogP contribution in [0.25, 0.3) is 0 Å². The van der Waals surface area contributed by atoms with Crippen LogP contribution >= 0.6 is 0 Å². The van der Waals surface area contributed by atoms with Crippen LogP contribution < -0.4 is 9.62 Å². The smallest absolute Gasteiger partial charge is 0.337 e. The standard InChI is InChI=1S/C18H20N2O4S/c1-13-7-8-14(18(21)24-2)11-17(13)25(22,23)20-10-9-19-12-15-5-3-4-6-16(15)20/h3-8,11,19H,9-10,12H2,1-2H3. The third kappa shape index (κ3) is 3.25. The molecule has 0 aromatic heterocycles. The maximum absolute atomic E-state index is 13.3. The molecule has 2 aromatic carbocycles. The molecule has 1 aliphatic heterocycles. The number of para-hydroxylation sites is 1. The van der Waals surface area contributed by atoms with Crippen molar-refractivity contribution in [1.29, 1.82) is 0 Å². The highest BCUT2D eigenvalue weighted by Gasteiger charge is 2.29. The van der Waals surface area contributed by atoms with Gasteiger partial charge in [-0.05, 0) is 36.2 Å². The first-order valence-electron chi connectivity index (χ1n) is 7.95. The number of hydrogen-bond donors (Lipinski definition) is 1. The third-order valence-electron chi connectivity index (χ3n) is 4.24. The van der Waals surface area contributed by atoms with Crippen LogP contribution in [0.15, 0.2) is 47.4 Å². The molecule has 7 heteroatoms. The molecule has 1 N–H and O–H groups in total. The zero-order valence-corrected chi connectivity index (χ0v) is 15.0. The van der Waals surface area contributed by atoms with Gasteiger partial charge >= 0.3 is 5.97 Å². The molecule has 1 heterocycles. The van der Waals surface area contributed by atoms with Crippen LogP contribution in [0.3, 0.4) is 0 Å². The lowest BCUT2D eigenvalue weighted by molar-refractivity contribution is 0.0600. The molecular formula is C18H20N2O4S. The largest absolute Gasteiger partial charge is 0.465 e. The summed E-state index contributed by atoms with van der Waals surface area (Å²) >= 11 is 0. The van der Waals surface area contributed by atoms with Crippen LogP contribution in [0, 0.1) is 6.92 Å². The molecule has 0 spiro atoms. The Morgan fingerprint density at radius 1 is 1.20 bits per heavy atom. The molecule has 0 amide bonds. The molecule has 0 radical (unpaired) electrons. The van der Waals surface area contributed by atoms with E-state index in [9.17, 15) is 13.2 Å². The summed E-state index contributed by atoms with van der Waals surface area (Å²) in [7, 11) is -2.54. The van der Waals surface area contributed by atoms with Gasteiger partial charge in [-0.15, -0.1) is 0 Å². The Morgan fingerprint density at radius 3 is 2.72 bits per heavy atom. The molecule has 0 saturated carbocycles. The zero-order valence-electron chi connectivity index (χ0n) is 14.2. The monoisotopic (exact) mass is 360 g/mol. The van der Waals surface area contributed by atoms with E-state index >= 15 is 0 Å². The number of hydrogen-bond acceptors (Lipinski definition) is 5. The number of rotatable bonds is 3. The number of esters is 1. The Kier molecular flexibility index (Phi) is 4.78. The van der Waals surface area contributed by atoms with Crippen LogP contribution in [0.1, 0.15) is 21.5 Å². The number of carbonyl (C=O) groups excluding carboxylic acids is 1. The van der Waals surface area contributed by atoms with E-state index in [1.807, 2.05) is 18.2 Å². The fourth-order valence-electron chi connectivity index (χ4n) is 2.92. The maximum atomic E-state index is 13.3. The Hall–Kier alpha value is -2.38. The number of carbonyl (C=O) groups is 1. The Bertz CT molecular complexity index is 909. The molecule has 3 rings (SSSR count). The van der Waals surface area contributed by atoms with Crippen molar-refractivity contribution in [3.8, 4) is 0 Å². The minimum absolute atomic E-state index is 0.118. The van der Waals surface area contributed by atoms with Gasteiger partial charge in [0, 0.05) is 19.6 Å². The predicted molar refractivity (Wildman–Crippen MR) is 95.2 cm³/mol. The van der Waals surface area contributed by atoms with Gasteiger partial charge in [-0.2, -0.15) is 0 Å². The Morgan fingerprint density at radius 2 is 1.96 bits per heavy atom. The van der Waals surface area contributed by atoms with Crippen LogP contribution in [0.5, 0.6) is 0 Å². The summed E-state index contributed by atoms with van der Waals surface area (Å²) < 4.78 is 32.8. The molecule has 0 unspecified atom stereocenters. The van der Waals surface area contributed by atoms with E-state index in [0.717, 1.165) is 5.56 Å². The summed E-state index contributed by atoms with van der Waals surface area (Å²) in [4.78, 5) is 11.9. The summed E-state index contributed by atoms with van der Waals surface area (Å²) in [5.74, 6) is -0.561. The molecule has 2 aromatic rings. The summed E-state index contributed by atoms with van der Waals surface area (Å²) in [5, 5.41) is 3.23. The zero-order chi connectivity index (χ0) is 18.0. The van der Waals surface area contributed by atoms with Crippen molar-refractivity contribution in [2.24, 2.45) is 0 Å². The first-order valence-corrected chi connectivity index (χ1v) is 9.39. The highest BCUT2D eigenvalue weighted by Crippen LogP contribution is 2.30. The number of fused-ring (bicyclic) bond motifs is 1. The fourth-order valence-corrected chi connectivity index (χ4v) is 4.68. The van der Waals surface area contributed by atoms with Gasteiger partial charge in [0.25, 0.3) is 10.0 Å². The molecule has 132 valence electrons. The van der Waals surface area contributed by atoms with Crippen molar-refractivity contribution >= 4 is 21.7 Å². The molecule has 0 atom stereocenters. The molecule has 0 aliphatic carbocycles. The van der Waals surface area contributed by atoms with Crippen molar-refractivity contribution in [2.45, 2.75) is 18.4 Å². The van der Waals surface area contributed by atoms with E-state index in [0.29, 0.717) is 30.9 Å². The van der Waals surface area contributed by atoms with Gasteiger partial charge in [0.2, 0.25) is 0 Å². The average molecular weight is 360 g/mol. The SMILES string of the molecule is COC(=O)c1ccc(C)c(S(=O)(=O)N2CCNCc3ccccc32)c1. The van der Waals surface area contributed by atoms with E-state index < -0.39 is 16.0 Å². The molecule has 0 fully saturated rings. The topological polar surface area (TPSA) is 75.7 Å². The van der Waals surface area contributed by atoms with E-state index in [1.165, 1.54) is 17.5 Å². The van der Waals surface area contributed by atoms with E-state index in [4.69, 9.17) is 4.74 Å². The number of anilines is 1. The van der Waals surface area contributed by atoms with Crippen LogP contribution in [0.2, 0.25) is 0 Å². The molecule has 0 bridgehead atoms. The summed E-state index contributed by atoms with van der Waals surface area (Å²) in [6.45, 7) is 3.20. The van der Waals surface area contributed by atoms with Crippen LogP contribution in [0.4, 0.5) is 5.69 Å². The second-order valence-electron chi connectivity index (χ2n) is 5.85.